The third-order valence-electron chi connectivity index (χ3n) is 2.42. The van der Waals surface area contributed by atoms with Crippen molar-refractivity contribution in [1.82, 2.24) is 14.5 Å². The summed E-state index contributed by atoms with van der Waals surface area (Å²) in [5, 5.41) is 20.5. The highest BCUT2D eigenvalue weighted by molar-refractivity contribution is 5.84. The fourth-order valence-electron chi connectivity index (χ4n) is 1.50. The van der Waals surface area contributed by atoms with Gasteiger partial charge in [-0.05, 0) is 12.1 Å². The topological polar surface area (TPSA) is 104 Å². The number of imidazole rings is 1. The van der Waals surface area contributed by atoms with Gasteiger partial charge in [0.25, 0.3) is 0 Å². The van der Waals surface area contributed by atoms with Gasteiger partial charge < -0.3 is 15.0 Å². The second kappa shape index (κ2) is 5.64. The van der Waals surface area contributed by atoms with Gasteiger partial charge in [-0.1, -0.05) is 0 Å². The maximum Gasteiger partial charge on any atom is 0.356 e. The van der Waals surface area contributed by atoms with Gasteiger partial charge >= 0.3 is 5.97 Å². The van der Waals surface area contributed by atoms with E-state index in [1.54, 1.807) is 22.9 Å². The predicted octanol–water partition coefficient (Wildman–Crippen LogP) is 0.960. The van der Waals surface area contributed by atoms with Crippen LogP contribution in [0.1, 0.15) is 16.1 Å². The number of carbonyl (C=O) groups is 1. The minimum atomic E-state index is -1.05. The number of carboxylic acids is 1. The van der Waals surface area contributed by atoms with Crippen LogP contribution in [0.3, 0.4) is 0 Å². The number of hydrogen-bond acceptors (Lipinski definition) is 5. The van der Waals surface area contributed by atoms with Crippen LogP contribution < -0.4 is 5.32 Å². The normalized spacial score (nSPS) is 9.84. The molecule has 0 aliphatic heterocycles. The maximum atomic E-state index is 10.6. The number of nitrogens with one attached hydrogen (secondary N) is 1. The Labute approximate surface area is 109 Å². The molecule has 0 saturated heterocycles. The van der Waals surface area contributed by atoms with Crippen LogP contribution in [0.15, 0.2) is 30.9 Å². The summed E-state index contributed by atoms with van der Waals surface area (Å²) in [6.45, 7) is 1.11. The first kappa shape index (κ1) is 12.6. The first-order chi connectivity index (χ1) is 9.19. The lowest BCUT2D eigenvalue weighted by Gasteiger charge is -2.05. The zero-order valence-electron chi connectivity index (χ0n) is 9.95. The van der Waals surface area contributed by atoms with Gasteiger partial charge in [-0.3, -0.25) is 0 Å². The summed E-state index contributed by atoms with van der Waals surface area (Å²) < 4.78 is 1.67. The maximum absolute atomic E-state index is 10.6. The lowest BCUT2D eigenvalue weighted by molar-refractivity contribution is 0.0691. The van der Waals surface area contributed by atoms with E-state index in [0.717, 1.165) is 0 Å². The van der Waals surface area contributed by atoms with Gasteiger partial charge in [0.1, 0.15) is 5.82 Å². The zero-order valence-corrected chi connectivity index (χ0v) is 9.95. The van der Waals surface area contributed by atoms with Crippen LogP contribution in [0.5, 0.6) is 0 Å². The quantitative estimate of drug-likeness (QED) is 0.826. The van der Waals surface area contributed by atoms with Crippen molar-refractivity contribution in [2.45, 2.75) is 6.54 Å². The van der Waals surface area contributed by atoms with Gasteiger partial charge in [-0.2, -0.15) is 5.26 Å². The largest absolute Gasteiger partial charge is 0.476 e. The molecule has 19 heavy (non-hydrogen) atoms. The molecule has 0 saturated carbocycles. The molecular formula is C12H11N5O2. The fraction of sp³-hybridized carbons (Fsp3) is 0.167. The molecular weight excluding hydrogens is 246 g/mol. The minimum Gasteiger partial charge on any atom is -0.476 e. The summed E-state index contributed by atoms with van der Waals surface area (Å²) in [7, 11) is 0. The van der Waals surface area contributed by atoms with Crippen LogP contribution in [0.25, 0.3) is 0 Å². The van der Waals surface area contributed by atoms with Crippen molar-refractivity contribution in [1.29, 1.82) is 5.26 Å². The number of nitriles is 1. The monoisotopic (exact) mass is 257 g/mol. The molecule has 0 aliphatic carbocycles. The highest BCUT2D eigenvalue weighted by Crippen LogP contribution is 2.05. The second-order valence-electron chi connectivity index (χ2n) is 3.77. The van der Waals surface area contributed by atoms with Crippen molar-refractivity contribution < 1.29 is 9.90 Å². The molecule has 0 atom stereocenters. The second-order valence-corrected chi connectivity index (χ2v) is 3.77. The first-order valence-electron chi connectivity index (χ1n) is 5.54. The van der Waals surface area contributed by atoms with Gasteiger partial charge in [0, 0.05) is 25.5 Å². The Balaban J connectivity index is 1.89. The summed E-state index contributed by atoms with van der Waals surface area (Å²) in [6.07, 6.45) is 4.48. The molecule has 0 aromatic carbocycles. The van der Waals surface area contributed by atoms with E-state index >= 15 is 0 Å². The van der Waals surface area contributed by atoms with E-state index < -0.39 is 5.97 Å². The Morgan fingerprint density at radius 1 is 1.53 bits per heavy atom. The van der Waals surface area contributed by atoms with E-state index in [1.165, 1.54) is 12.5 Å². The molecule has 7 heteroatoms. The highest BCUT2D eigenvalue weighted by Gasteiger charge is 2.05. The third kappa shape index (κ3) is 3.29. The number of hydrogen-bond donors (Lipinski definition) is 2. The molecule has 0 spiro atoms. The molecule has 7 nitrogen and oxygen atoms in total. The Morgan fingerprint density at radius 3 is 3.05 bits per heavy atom. The van der Waals surface area contributed by atoms with Gasteiger partial charge in [0.05, 0.1) is 18.0 Å². The number of pyridine rings is 1. The van der Waals surface area contributed by atoms with Gasteiger partial charge in [0.15, 0.2) is 5.69 Å². The molecule has 96 valence electrons. The Kier molecular flexibility index (Phi) is 3.73. The molecule has 0 unspecified atom stereocenters. The van der Waals surface area contributed by atoms with Crippen molar-refractivity contribution in [2.75, 3.05) is 11.9 Å². The van der Waals surface area contributed by atoms with E-state index in [-0.39, 0.29) is 5.69 Å². The van der Waals surface area contributed by atoms with Gasteiger partial charge in [-0.15, -0.1) is 0 Å². The molecule has 0 aliphatic rings. The molecule has 2 heterocycles. The molecule has 0 amide bonds. The number of anilines is 1. The van der Waals surface area contributed by atoms with Crippen molar-refractivity contribution in [3.63, 3.8) is 0 Å². The van der Waals surface area contributed by atoms with Crippen molar-refractivity contribution >= 4 is 11.8 Å². The van der Waals surface area contributed by atoms with Crippen LogP contribution in [-0.4, -0.2) is 32.2 Å². The average molecular weight is 257 g/mol. The van der Waals surface area contributed by atoms with E-state index in [4.69, 9.17) is 10.4 Å². The minimum absolute atomic E-state index is 0.0182. The zero-order chi connectivity index (χ0) is 13.7. The van der Waals surface area contributed by atoms with Crippen molar-refractivity contribution in [3.8, 4) is 6.07 Å². The summed E-state index contributed by atoms with van der Waals surface area (Å²) in [6, 6.07) is 5.31. The summed E-state index contributed by atoms with van der Waals surface area (Å²) in [4.78, 5) is 18.5. The number of rotatable bonds is 5. The molecule has 2 N–H and O–H groups in total. The standard InChI is InChI=1S/C12H11N5O2/c13-6-9-1-2-14-11(5-9)15-3-4-17-7-10(12(18)19)16-8-17/h1-2,5,7-8H,3-4H2,(H,14,15)(H,18,19). The van der Waals surface area contributed by atoms with Crippen LogP contribution >= 0.6 is 0 Å². The lowest BCUT2D eigenvalue weighted by atomic mass is 10.3. The lowest BCUT2D eigenvalue weighted by Crippen LogP contribution is -2.10. The van der Waals surface area contributed by atoms with E-state index in [1.807, 2.05) is 6.07 Å². The van der Waals surface area contributed by atoms with Gasteiger partial charge in [0.2, 0.25) is 0 Å². The molecule has 2 aromatic heterocycles. The van der Waals surface area contributed by atoms with Crippen LogP contribution in [-0.2, 0) is 6.54 Å². The third-order valence-corrected chi connectivity index (χ3v) is 2.42. The highest BCUT2D eigenvalue weighted by atomic mass is 16.4. The smallest absolute Gasteiger partial charge is 0.356 e. The molecule has 0 fully saturated rings. The number of carboxylic acid groups (broad SMARTS) is 1. The molecule has 0 bridgehead atoms. The van der Waals surface area contributed by atoms with E-state index in [0.29, 0.717) is 24.5 Å². The Bertz CT molecular complexity index is 629. The SMILES string of the molecule is N#Cc1ccnc(NCCn2cnc(C(=O)O)c2)c1. The van der Waals surface area contributed by atoms with Crippen molar-refractivity contribution in [2.24, 2.45) is 0 Å². The summed E-state index contributed by atoms with van der Waals surface area (Å²) >= 11 is 0. The summed E-state index contributed by atoms with van der Waals surface area (Å²) in [5.41, 5.74) is 0.554. The van der Waals surface area contributed by atoms with Crippen LogP contribution in [0, 0.1) is 11.3 Å². The molecule has 0 radical (unpaired) electrons. The summed E-state index contributed by atoms with van der Waals surface area (Å²) in [5.74, 6) is -0.437. The van der Waals surface area contributed by atoms with E-state index in [2.05, 4.69) is 15.3 Å². The van der Waals surface area contributed by atoms with E-state index in [9.17, 15) is 4.79 Å². The predicted molar refractivity (Wildman–Crippen MR) is 66.6 cm³/mol. The van der Waals surface area contributed by atoms with Crippen LogP contribution in [0.2, 0.25) is 0 Å². The van der Waals surface area contributed by atoms with Gasteiger partial charge in [-0.25, -0.2) is 14.8 Å². The number of aromatic carboxylic acids is 1. The van der Waals surface area contributed by atoms with Crippen LogP contribution in [0.4, 0.5) is 5.82 Å². The number of aromatic nitrogens is 3. The Hall–Kier alpha value is -2.88. The fourth-order valence-corrected chi connectivity index (χ4v) is 1.50. The number of nitrogens with zero attached hydrogens (tertiary/aromatic N) is 4. The molecule has 2 rings (SSSR count). The average Bonchev–Trinajstić information content (AvgIpc) is 2.88. The van der Waals surface area contributed by atoms with Crippen molar-refractivity contribution in [3.05, 3.63) is 42.1 Å². The first-order valence-corrected chi connectivity index (χ1v) is 5.54. The Morgan fingerprint density at radius 2 is 2.37 bits per heavy atom. The molecule has 2 aromatic rings.